The zero-order chi connectivity index (χ0) is 8.85. The largest absolute Gasteiger partial charge is 0.391 e. The topological polar surface area (TPSA) is 20.2 Å². The van der Waals surface area contributed by atoms with Gasteiger partial charge < -0.3 is 5.11 Å². The van der Waals surface area contributed by atoms with Crippen molar-refractivity contribution in [2.24, 2.45) is 0 Å². The molecule has 11 heavy (non-hydrogen) atoms. The van der Waals surface area contributed by atoms with Crippen molar-refractivity contribution in [3.05, 3.63) is 0 Å². The minimum atomic E-state index is -0.637. The van der Waals surface area contributed by atoms with Crippen molar-refractivity contribution in [2.75, 3.05) is 11.6 Å². The maximum absolute atomic E-state index is 9.21. The van der Waals surface area contributed by atoms with E-state index < -0.39 is 6.10 Å². The summed E-state index contributed by atoms with van der Waals surface area (Å²) in [5.74, 6) is 0.865. The fourth-order valence-electron chi connectivity index (χ4n) is 0.626. The molecule has 0 aliphatic carbocycles. The Labute approximate surface area is 88.3 Å². The first-order chi connectivity index (χ1) is 5.13. The summed E-state index contributed by atoms with van der Waals surface area (Å²) in [5, 5.41) is 8.78. The van der Waals surface area contributed by atoms with E-state index in [1.807, 2.05) is 0 Å². The van der Waals surface area contributed by atoms with Crippen LogP contribution >= 0.6 is 48.5 Å². The van der Waals surface area contributed by atoms with Crippen LogP contribution in [0, 0.1) is 0 Å². The van der Waals surface area contributed by atoms with E-state index >= 15 is 0 Å². The minimum Gasteiger partial charge on any atom is -0.391 e. The van der Waals surface area contributed by atoms with E-state index in [0.717, 1.165) is 6.42 Å². The Morgan fingerprint density at radius 2 is 2.00 bits per heavy atom. The highest BCUT2D eigenvalue weighted by molar-refractivity contribution is 7.81. The third-order valence-electron chi connectivity index (χ3n) is 1.33. The Hall–Kier alpha value is 1.24. The fourth-order valence-corrected chi connectivity index (χ4v) is 1.90. The predicted molar refractivity (Wildman–Crippen MR) is 57.6 cm³/mol. The monoisotopic (exact) mass is 234 g/mol. The summed E-state index contributed by atoms with van der Waals surface area (Å²) in [7, 11) is 0. The molecule has 0 aliphatic heterocycles. The highest BCUT2D eigenvalue weighted by Crippen LogP contribution is 2.18. The van der Waals surface area contributed by atoms with Gasteiger partial charge in [0.2, 0.25) is 0 Å². The van der Waals surface area contributed by atoms with Gasteiger partial charge >= 0.3 is 0 Å². The first-order valence-electron chi connectivity index (χ1n) is 3.30. The van der Waals surface area contributed by atoms with E-state index in [1.54, 1.807) is 0 Å². The number of halogens is 2. The lowest BCUT2D eigenvalue weighted by Crippen LogP contribution is -2.31. The van der Waals surface area contributed by atoms with E-state index in [4.69, 9.17) is 23.2 Å². The Balaban J connectivity index is 3.70. The third-order valence-corrected chi connectivity index (χ3v) is 3.27. The fraction of sp³-hybridized carbons (Fsp3) is 1.00. The molecule has 1 N–H and O–H groups in total. The lowest BCUT2D eigenvalue weighted by molar-refractivity contribution is 0.193. The van der Waals surface area contributed by atoms with Crippen molar-refractivity contribution in [1.29, 1.82) is 0 Å². The SMILES string of the molecule is OC(CCl)C(S)C(Cl)CCS. The smallest absolute Gasteiger partial charge is 0.0805 e. The van der Waals surface area contributed by atoms with E-state index in [1.165, 1.54) is 0 Å². The van der Waals surface area contributed by atoms with Gasteiger partial charge in [-0.2, -0.15) is 25.3 Å². The van der Waals surface area contributed by atoms with Crippen LogP contribution in [0.25, 0.3) is 0 Å². The quantitative estimate of drug-likeness (QED) is 0.490. The van der Waals surface area contributed by atoms with Crippen molar-refractivity contribution in [1.82, 2.24) is 0 Å². The molecule has 0 bridgehead atoms. The highest BCUT2D eigenvalue weighted by Gasteiger charge is 2.21. The molecule has 0 saturated carbocycles. The lowest BCUT2D eigenvalue weighted by Gasteiger charge is -2.20. The van der Waals surface area contributed by atoms with E-state index in [9.17, 15) is 5.11 Å². The summed E-state index contributed by atoms with van der Waals surface area (Å²) < 4.78 is 0. The van der Waals surface area contributed by atoms with Gasteiger partial charge in [0.1, 0.15) is 0 Å². The van der Waals surface area contributed by atoms with Crippen LogP contribution < -0.4 is 0 Å². The number of alkyl halides is 2. The number of aliphatic hydroxyl groups excluding tert-OH is 1. The summed E-state index contributed by atoms with van der Waals surface area (Å²) in [6, 6.07) is 0. The predicted octanol–water partition coefficient (Wildman–Crippen LogP) is 1.81. The van der Waals surface area contributed by atoms with Crippen LogP contribution in [0.1, 0.15) is 6.42 Å². The van der Waals surface area contributed by atoms with Gasteiger partial charge in [0.15, 0.2) is 0 Å². The van der Waals surface area contributed by atoms with Crippen molar-refractivity contribution in [3.63, 3.8) is 0 Å². The van der Waals surface area contributed by atoms with Crippen LogP contribution in [-0.2, 0) is 0 Å². The standard InChI is InChI=1S/C6H12Cl2OS2/c7-3-5(9)6(11)4(8)1-2-10/h4-6,9-11H,1-3H2. The van der Waals surface area contributed by atoms with Crippen LogP contribution in [-0.4, -0.2) is 33.5 Å². The number of aliphatic hydroxyl groups is 1. The second kappa shape index (κ2) is 6.72. The third kappa shape index (κ3) is 4.73. The number of hydrogen-bond acceptors (Lipinski definition) is 3. The molecule has 5 heteroatoms. The molecule has 0 rings (SSSR count). The Morgan fingerprint density at radius 3 is 2.36 bits per heavy atom. The van der Waals surface area contributed by atoms with Crippen molar-refractivity contribution >= 4 is 48.5 Å². The zero-order valence-electron chi connectivity index (χ0n) is 5.95. The maximum Gasteiger partial charge on any atom is 0.0805 e. The summed E-state index contributed by atoms with van der Waals surface area (Å²) in [5.41, 5.74) is 0. The van der Waals surface area contributed by atoms with Gasteiger partial charge in [-0.3, -0.25) is 0 Å². The molecule has 0 amide bonds. The number of rotatable bonds is 5. The van der Waals surface area contributed by atoms with E-state index in [0.29, 0.717) is 5.75 Å². The van der Waals surface area contributed by atoms with Crippen LogP contribution in [0.4, 0.5) is 0 Å². The average molecular weight is 235 g/mol. The summed E-state index contributed by atoms with van der Waals surface area (Å²) in [4.78, 5) is 0. The highest BCUT2D eigenvalue weighted by atomic mass is 35.5. The Bertz CT molecular complexity index is 105. The van der Waals surface area contributed by atoms with Gasteiger partial charge in [-0.1, -0.05) is 0 Å². The molecule has 68 valence electrons. The first kappa shape index (κ1) is 12.2. The lowest BCUT2D eigenvalue weighted by atomic mass is 10.1. The van der Waals surface area contributed by atoms with Gasteiger partial charge in [-0.05, 0) is 12.2 Å². The van der Waals surface area contributed by atoms with Crippen LogP contribution in [0.15, 0.2) is 0 Å². The molecule has 3 unspecified atom stereocenters. The van der Waals surface area contributed by atoms with Gasteiger partial charge in [0.25, 0.3) is 0 Å². The molecule has 1 nitrogen and oxygen atoms in total. The molecule has 3 atom stereocenters. The number of hydrogen-bond donors (Lipinski definition) is 3. The molecule has 0 aromatic carbocycles. The first-order valence-corrected chi connectivity index (χ1v) is 5.42. The molecule has 0 aromatic rings. The maximum atomic E-state index is 9.21. The average Bonchev–Trinajstić information content (AvgIpc) is 2.02. The Morgan fingerprint density at radius 1 is 1.45 bits per heavy atom. The van der Waals surface area contributed by atoms with Gasteiger partial charge in [-0.15, -0.1) is 23.2 Å². The molecule has 0 spiro atoms. The molecule has 0 heterocycles. The summed E-state index contributed by atoms with van der Waals surface area (Å²) >= 11 is 19.4. The van der Waals surface area contributed by atoms with E-state index in [-0.39, 0.29) is 16.5 Å². The van der Waals surface area contributed by atoms with Crippen LogP contribution in [0.2, 0.25) is 0 Å². The van der Waals surface area contributed by atoms with Crippen LogP contribution in [0.3, 0.4) is 0 Å². The molecule has 0 aromatic heterocycles. The second-order valence-corrected chi connectivity index (χ2v) is 4.15. The van der Waals surface area contributed by atoms with Crippen molar-refractivity contribution in [2.45, 2.75) is 23.2 Å². The Kier molecular flexibility index (Phi) is 7.48. The molecule has 0 fully saturated rings. The molecule has 0 saturated heterocycles. The zero-order valence-corrected chi connectivity index (χ0v) is 9.25. The second-order valence-electron chi connectivity index (χ2n) is 2.24. The molecular formula is C6H12Cl2OS2. The number of thiol groups is 2. The van der Waals surface area contributed by atoms with Crippen molar-refractivity contribution in [3.8, 4) is 0 Å². The minimum absolute atomic E-state index is 0.162. The molecular weight excluding hydrogens is 223 g/mol. The van der Waals surface area contributed by atoms with Gasteiger partial charge in [0.05, 0.1) is 6.10 Å². The normalized spacial score (nSPS) is 19.4. The van der Waals surface area contributed by atoms with E-state index in [2.05, 4.69) is 25.3 Å². The molecule has 0 aliphatic rings. The van der Waals surface area contributed by atoms with Crippen LogP contribution in [0.5, 0.6) is 0 Å². The van der Waals surface area contributed by atoms with Crippen molar-refractivity contribution < 1.29 is 5.11 Å². The summed E-state index contributed by atoms with van der Waals surface area (Å²) in [6.45, 7) is 0. The molecule has 0 radical (unpaired) electrons. The van der Waals surface area contributed by atoms with Gasteiger partial charge in [0, 0.05) is 16.5 Å². The van der Waals surface area contributed by atoms with Gasteiger partial charge in [-0.25, -0.2) is 0 Å². The summed E-state index contributed by atoms with van der Waals surface area (Å²) in [6.07, 6.45) is 0.0923.